The van der Waals surface area contributed by atoms with Crippen molar-refractivity contribution in [2.24, 2.45) is 0 Å². The van der Waals surface area contributed by atoms with E-state index in [1.54, 1.807) is 0 Å². The molecule has 0 aromatic heterocycles. The Morgan fingerprint density at radius 2 is 2.09 bits per heavy atom. The highest BCUT2D eigenvalue weighted by Crippen LogP contribution is 2.33. The topological polar surface area (TPSA) is 92.3 Å². The van der Waals surface area contributed by atoms with Crippen molar-refractivity contribution in [2.75, 3.05) is 12.0 Å². The summed E-state index contributed by atoms with van der Waals surface area (Å²) in [4.78, 5) is 23.0. The van der Waals surface area contributed by atoms with E-state index in [2.05, 4.69) is 10.6 Å². The number of carbonyl (C=O) groups is 2. The summed E-state index contributed by atoms with van der Waals surface area (Å²) < 4.78 is 21.8. The van der Waals surface area contributed by atoms with Crippen LogP contribution < -0.4 is 10.6 Å². The highest BCUT2D eigenvalue weighted by molar-refractivity contribution is 8.00. The number of hydrogen-bond acceptors (Lipinski definition) is 5. The van der Waals surface area contributed by atoms with Gasteiger partial charge in [0, 0.05) is 35.5 Å². The molecule has 130 valence electrons. The van der Waals surface area contributed by atoms with Crippen LogP contribution in [0.15, 0.2) is 11.5 Å². The number of hydrogen-bond donors (Lipinski definition) is 2. The fraction of sp³-hybridized carbons (Fsp3) is 0.733. The summed E-state index contributed by atoms with van der Waals surface area (Å²) in [5.74, 6) is 1.13. The monoisotopic (exact) mass is 360 g/mol. The van der Waals surface area contributed by atoms with Gasteiger partial charge < -0.3 is 10.6 Å². The van der Waals surface area contributed by atoms with E-state index in [1.807, 2.05) is 11.8 Å². The van der Waals surface area contributed by atoms with Gasteiger partial charge in [0.1, 0.15) is 5.78 Å². The summed E-state index contributed by atoms with van der Waals surface area (Å²) in [5.41, 5.74) is 0. The van der Waals surface area contributed by atoms with Crippen LogP contribution in [0, 0.1) is 0 Å². The number of Topliss-reactive ketones (excluding diaryl/α,β-unsaturated/α-hetero) is 1. The summed E-state index contributed by atoms with van der Waals surface area (Å²) in [6.45, 7) is 0. The molecule has 0 aromatic rings. The Hall–Kier alpha value is -1.02. The van der Waals surface area contributed by atoms with E-state index < -0.39 is 9.84 Å². The fourth-order valence-corrected chi connectivity index (χ4v) is 4.95. The van der Waals surface area contributed by atoms with Crippen LogP contribution >= 0.6 is 11.8 Å². The van der Waals surface area contributed by atoms with Crippen LogP contribution in [0.1, 0.15) is 38.5 Å². The molecule has 2 amide bonds. The van der Waals surface area contributed by atoms with Crippen LogP contribution in [0.2, 0.25) is 0 Å². The van der Waals surface area contributed by atoms with Crippen LogP contribution in [0.25, 0.3) is 0 Å². The van der Waals surface area contributed by atoms with E-state index in [1.165, 1.54) is 6.08 Å². The average molecular weight is 361 g/mol. The third-order valence-electron chi connectivity index (χ3n) is 4.07. The smallest absolute Gasteiger partial charge is 0.315 e. The number of allylic oxidation sites excluding steroid dienone is 1. The Labute approximate surface area is 141 Å². The van der Waals surface area contributed by atoms with Gasteiger partial charge in [-0.05, 0) is 19.3 Å². The minimum atomic E-state index is -3.09. The lowest BCUT2D eigenvalue weighted by Gasteiger charge is -2.16. The second kappa shape index (κ2) is 8.19. The first-order chi connectivity index (χ1) is 10.8. The molecule has 2 aliphatic heterocycles. The predicted molar refractivity (Wildman–Crippen MR) is 92.2 cm³/mol. The quantitative estimate of drug-likeness (QED) is 0.481. The van der Waals surface area contributed by atoms with Crippen LogP contribution in [-0.2, 0) is 14.6 Å². The molecule has 2 rings (SSSR count). The first-order valence-corrected chi connectivity index (χ1v) is 10.9. The molecular weight excluding hydrogens is 336 g/mol. The lowest BCUT2D eigenvalue weighted by Crippen LogP contribution is -2.36. The van der Waals surface area contributed by atoms with Gasteiger partial charge in [0.05, 0.1) is 12.1 Å². The predicted octanol–water partition coefficient (Wildman–Crippen LogP) is 1.62. The molecule has 0 bridgehead atoms. The lowest BCUT2D eigenvalue weighted by molar-refractivity contribution is -0.119. The Kier molecular flexibility index (Phi) is 6.52. The molecule has 0 aliphatic carbocycles. The zero-order chi connectivity index (χ0) is 16.9. The van der Waals surface area contributed by atoms with Crippen molar-refractivity contribution in [1.82, 2.24) is 10.6 Å². The molecule has 6 nitrogen and oxygen atoms in total. The second-order valence-corrected chi connectivity index (χ2v) is 9.35. The summed E-state index contributed by atoms with van der Waals surface area (Å²) in [6.07, 6.45) is 6.93. The molecule has 0 spiro atoms. The van der Waals surface area contributed by atoms with Gasteiger partial charge >= 0.3 is 6.03 Å². The highest BCUT2D eigenvalue weighted by atomic mass is 32.2. The van der Waals surface area contributed by atoms with Crippen LogP contribution in [0.5, 0.6) is 0 Å². The Bertz CT molecular complexity index is 574. The zero-order valence-corrected chi connectivity index (χ0v) is 14.9. The number of rotatable bonds is 9. The van der Waals surface area contributed by atoms with Gasteiger partial charge in [0.15, 0.2) is 9.84 Å². The van der Waals surface area contributed by atoms with E-state index in [9.17, 15) is 18.0 Å². The van der Waals surface area contributed by atoms with Crippen molar-refractivity contribution in [1.29, 1.82) is 0 Å². The van der Waals surface area contributed by atoms with Gasteiger partial charge in [-0.3, -0.25) is 4.79 Å². The number of thioether (sulfide) groups is 1. The van der Waals surface area contributed by atoms with Gasteiger partial charge in [0.2, 0.25) is 0 Å². The molecule has 23 heavy (non-hydrogen) atoms. The zero-order valence-electron chi connectivity index (χ0n) is 13.3. The minimum Gasteiger partial charge on any atom is -0.332 e. The lowest BCUT2D eigenvalue weighted by atomic mass is 10.0. The molecule has 0 unspecified atom stereocenters. The molecule has 2 heterocycles. The molecule has 3 atom stereocenters. The number of sulfone groups is 1. The van der Waals surface area contributed by atoms with E-state index >= 15 is 0 Å². The van der Waals surface area contributed by atoms with Crippen LogP contribution in [0.4, 0.5) is 4.79 Å². The van der Waals surface area contributed by atoms with E-state index in [-0.39, 0.29) is 23.9 Å². The molecular formula is C15H24N2O4S2. The number of amides is 2. The highest BCUT2D eigenvalue weighted by Gasteiger charge is 2.42. The number of fused-ring (bicyclic) bond motifs is 1. The molecule has 2 fully saturated rings. The molecule has 8 heteroatoms. The van der Waals surface area contributed by atoms with E-state index in [0.29, 0.717) is 24.5 Å². The summed E-state index contributed by atoms with van der Waals surface area (Å²) >= 11 is 1.89. The van der Waals surface area contributed by atoms with E-state index in [4.69, 9.17) is 0 Å². The third-order valence-corrected chi connectivity index (χ3v) is 6.26. The second-order valence-electron chi connectivity index (χ2n) is 6.15. The Morgan fingerprint density at radius 1 is 1.30 bits per heavy atom. The van der Waals surface area contributed by atoms with Gasteiger partial charge in [-0.25, -0.2) is 13.2 Å². The number of unbranched alkanes of at least 4 members (excludes halogenated alkanes) is 1. The maximum Gasteiger partial charge on any atom is 0.315 e. The Balaban J connectivity index is 1.56. The number of urea groups is 1. The first kappa shape index (κ1) is 18.3. The van der Waals surface area contributed by atoms with Crippen molar-refractivity contribution < 1.29 is 18.0 Å². The van der Waals surface area contributed by atoms with Crippen molar-refractivity contribution >= 4 is 33.4 Å². The summed E-state index contributed by atoms with van der Waals surface area (Å²) in [7, 11) is -3.09. The normalized spacial score (nSPS) is 27.0. The minimum absolute atomic E-state index is 0.0670. The standard InChI is InChI=1S/C15H24N2O4S2/c1-23(20,21)9-5-4-7-11(18)6-2-3-8-13-14-12(10-22-13)16-15(19)17-14/h5,9,12-14H,2-4,6-8,10H2,1H3,(H2,16,17,19)/b9-5+/t12-,13-,14-/m1/s1. The van der Waals surface area contributed by atoms with Gasteiger partial charge in [-0.2, -0.15) is 11.8 Å². The molecule has 0 aromatic carbocycles. The van der Waals surface area contributed by atoms with Crippen molar-refractivity contribution in [3.8, 4) is 0 Å². The van der Waals surface area contributed by atoms with Gasteiger partial charge in [-0.15, -0.1) is 0 Å². The first-order valence-electron chi connectivity index (χ1n) is 7.92. The van der Waals surface area contributed by atoms with Crippen molar-refractivity contribution in [2.45, 2.75) is 55.9 Å². The average Bonchev–Trinajstić information content (AvgIpc) is 2.98. The number of nitrogens with one attached hydrogen (secondary N) is 2. The maximum absolute atomic E-state index is 11.7. The molecule has 2 saturated heterocycles. The SMILES string of the molecule is CS(=O)(=O)/C=C/CCC(=O)CCCC[C@H]1SC[C@H]2NC(=O)N[C@H]21. The summed E-state index contributed by atoms with van der Waals surface area (Å²) in [6, 6.07) is 0.410. The van der Waals surface area contributed by atoms with Gasteiger partial charge in [0.25, 0.3) is 0 Å². The van der Waals surface area contributed by atoms with Crippen LogP contribution in [0.3, 0.4) is 0 Å². The van der Waals surface area contributed by atoms with Crippen LogP contribution in [-0.4, -0.2) is 49.6 Å². The Morgan fingerprint density at radius 3 is 2.83 bits per heavy atom. The number of ketones is 1. The van der Waals surface area contributed by atoms with Gasteiger partial charge in [-0.1, -0.05) is 12.5 Å². The molecule has 2 aliphatic rings. The maximum atomic E-state index is 11.7. The molecule has 0 radical (unpaired) electrons. The third kappa shape index (κ3) is 6.18. The molecule has 0 saturated carbocycles. The van der Waals surface area contributed by atoms with E-state index in [0.717, 1.165) is 36.7 Å². The number of carbonyl (C=O) groups excluding carboxylic acids is 2. The van der Waals surface area contributed by atoms with Crippen molar-refractivity contribution in [3.63, 3.8) is 0 Å². The molecule has 2 N–H and O–H groups in total. The fourth-order valence-electron chi connectivity index (χ4n) is 2.92. The largest absolute Gasteiger partial charge is 0.332 e. The van der Waals surface area contributed by atoms with Crippen molar-refractivity contribution in [3.05, 3.63) is 11.5 Å². The summed E-state index contributed by atoms with van der Waals surface area (Å²) in [5, 5.41) is 7.47.